The lowest BCUT2D eigenvalue weighted by atomic mass is 10.2. The van der Waals surface area contributed by atoms with Crippen LogP contribution in [0, 0.1) is 6.92 Å². The highest BCUT2D eigenvalue weighted by atomic mass is 35.5. The average Bonchev–Trinajstić information content (AvgIpc) is 2.54. The highest BCUT2D eigenvalue weighted by molar-refractivity contribution is 6.30. The zero-order valence-corrected chi connectivity index (χ0v) is 14.9. The Bertz CT molecular complexity index is 705. The van der Waals surface area contributed by atoms with Crippen LogP contribution in [-0.2, 0) is 0 Å². The lowest BCUT2D eigenvalue weighted by Gasteiger charge is -2.11. The third kappa shape index (κ3) is 5.47. The molecule has 0 unspecified atom stereocenters. The number of aryl methyl sites for hydroxylation is 1. The third-order valence-corrected chi connectivity index (χ3v) is 3.65. The molecule has 7 heteroatoms. The van der Waals surface area contributed by atoms with E-state index in [4.69, 9.17) is 11.6 Å². The van der Waals surface area contributed by atoms with Gasteiger partial charge in [0.15, 0.2) is 0 Å². The number of hydrogen-bond acceptors (Lipinski definition) is 5. The van der Waals surface area contributed by atoms with E-state index in [1.807, 2.05) is 33.2 Å². The van der Waals surface area contributed by atoms with Crippen molar-refractivity contribution in [2.24, 2.45) is 0 Å². The van der Waals surface area contributed by atoms with Crippen LogP contribution in [0.1, 0.15) is 22.5 Å². The lowest BCUT2D eigenvalue weighted by Crippen LogP contribution is -2.27. The number of carbonyl (C=O) groups excluding carboxylic acids is 1. The van der Waals surface area contributed by atoms with Crippen LogP contribution in [0.25, 0.3) is 0 Å². The molecule has 24 heavy (non-hydrogen) atoms. The Morgan fingerprint density at radius 2 is 2.04 bits per heavy atom. The number of hydrogen-bond donors (Lipinski definition) is 2. The van der Waals surface area contributed by atoms with Crippen molar-refractivity contribution in [3.05, 3.63) is 46.9 Å². The molecule has 1 amide bonds. The molecule has 1 aromatic heterocycles. The summed E-state index contributed by atoms with van der Waals surface area (Å²) in [5.41, 5.74) is 2.22. The summed E-state index contributed by atoms with van der Waals surface area (Å²) in [7, 11) is 4.01. The molecule has 0 aliphatic rings. The van der Waals surface area contributed by atoms with E-state index < -0.39 is 0 Å². The van der Waals surface area contributed by atoms with Gasteiger partial charge in [-0.3, -0.25) is 4.79 Å². The Morgan fingerprint density at radius 1 is 1.25 bits per heavy atom. The number of amides is 1. The standard InChI is InChI=1S/C17H22ClN5O/c1-12-9-13(18)5-6-14(12)22-16-10-15(20-11-21-16)17(24)19-7-4-8-23(2)3/h5-6,9-11H,4,7-8H2,1-3H3,(H,19,24)(H,20,21,22). The first-order chi connectivity index (χ1) is 11.5. The molecule has 0 atom stereocenters. The molecule has 1 heterocycles. The van der Waals surface area contributed by atoms with Gasteiger partial charge in [0.2, 0.25) is 0 Å². The van der Waals surface area contributed by atoms with Gasteiger partial charge in [0, 0.05) is 23.3 Å². The Hall–Kier alpha value is -2.18. The first-order valence-corrected chi connectivity index (χ1v) is 8.11. The van der Waals surface area contributed by atoms with E-state index in [1.165, 1.54) is 6.33 Å². The Labute approximate surface area is 147 Å². The number of anilines is 2. The second-order valence-corrected chi connectivity index (χ2v) is 6.22. The molecule has 0 spiro atoms. The molecule has 0 radical (unpaired) electrons. The Kier molecular flexibility index (Phi) is 6.52. The van der Waals surface area contributed by atoms with Gasteiger partial charge in [-0.2, -0.15) is 0 Å². The second kappa shape index (κ2) is 8.61. The Balaban J connectivity index is 1.99. The van der Waals surface area contributed by atoms with Crippen molar-refractivity contribution >= 4 is 29.0 Å². The van der Waals surface area contributed by atoms with Crippen molar-refractivity contribution in [3.8, 4) is 0 Å². The highest BCUT2D eigenvalue weighted by Crippen LogP contribution is 2.22. The minimum atomic E-state index is -0.202. The van der Waals surface area contributed by atoms with Gasteiger partial charge in [-0.1, -0.05) is 11.6 Å². The lowest BCUT2D eigenvalue weighted by molar-refractivity contribution is 0.0947. The number of nitrogens with zero attached hydrogens (tertiary/aromatic N) is 3. The normalized spacial score (nSPS) is 10.7. The number of aromatic nitrogens is 2. The minimum absolute atomic E-state index is 0.202. The van der Waals surface area contributed by atoms with Crippen LogP contribution in [0.5, 0.6) is 0 Å². The second-order valence-electron chi connectivity index (χ2n) is 5.79. The number of rotatable bonds is 7. The average molecular weight is 348 g/mol. The summed E-state index contributed by atoms with van der Waals surface area (Å²) in [6, 6.07) is 7.18. The van der Waals surface area contributed by atoms with E-state index in [1.54, 1.807) is 12.1 Å². The fourth-order valence-electron chi connectivity index (χ4n) is 2.14. The van der Waals surface area contributed by atoms with Crippen LogP contribution in [0.3, 0.4) is 0 Å². The fraction of sp³-hybridized carbons (Fsp3) is 0.353. The van der Waals surface area contributed by atoms with Crippen molar-refractivity contribution in [1.82, 2.24) is 20.2 Å². The molecule has 0 aliphatic carbocycles. The van der Waals surface area contributed by atoms with Gasteiger partial charge in [-0.25, -0.2) is 9.97 Å². The van der Waals surface area contributed by atoms with Crippen LogP contribution >= 0.6 is 11.6 Å². The predicted molar refractivity (Wildman–Crippen MR) is 97.0 cm³/mol. The van der Waals surface area contributed by atoms with E-state index in [-0.39, 0.29) is 5.91 Å². The van der Waals surface area contributed by atoms with E-state index in [9.17, 15) is 4.79 Å². The molecule has 0 fully saturated rings. The van der Waals surface area contributed by atoms with Crippen LogP contribution in [-0.4, -0.2) is 48.0 Å². The van der Waals surface area contributed by atoms with Crippen molar-refractivity contribution in [3.63, 3.8) is 0 Å². The first kappa shape index (κ1) is 18.2. The quantitative estimate of drug-likeness (QED) is 0.754. The number of carbonyl (C=O) groups is 1. The monoisotopic (exact) mass is 347 g/mol. The first-order valence-electron chi connectivity index (χ1n) is 7.74. The number of nitrogens with one attached hydrogen (secondary N) is 2. The molecule has 2 N–H and O–H groups in total. The van der Waals surface area contributed by atoms with Gasteiger partial charge in [0.25, 0.3) is 5.91 Å². The Morgan fingerprint density at radius 3 is 2.75 bits per heavy atom. The molecule has 1 aromatic carbocycles. The summed E-state index contributed by atoms with van der Waals surface area (Å²) in [5, 5.41) is 6.72. The fourth-order valence-corrected chi connectivity index (χ4v) is 2.37. The van der Waals surface area contributed by atoms with E-state index >= 15 is 0 Å². The minimum Gasteiger partial charge on any atom is -0.351 e. The van der Waals surface area contributed by atoms with E-state index in [0.717, 1.165) is 24.2 Å². The molecule has 0 saturated carbocycles. The van der Waals surface area contributed by atoms with Crippen molar-refractivity contribution in [2.45, 2.75) is 13.3 Å². The zero-order valence-electron chi connectivity index (χ0n) is 14.1. The van der Waals surface area contributed by atoms with Crippen LogP contribution in [0.15, 0.2) is 30.6 Å². The molecule has 128 valence electrons. The summed E-state index contributed by atoms with van der Waals surface area (Å²) in [6.07, 6.45) is 2.27. The largest absolute Gasteiger partial charge is 0.351 e. The summed E-state index contributed by atoms with van der Waals surface area (Å²) in [5.74, 6) is 0.362. The van der Waals surface area contributed by atoms with Gasteiger partial charge >= 0.3 is 0 Å². The topological polar surface area (TPSA) is 70.2 Å². The maximum atomic E-state index is 12.1. The van der Waals surface area contributed by atoms with Crippen LogP contribution in [0.4, 0.5) is 11.5 Å². The summed E-state index contributed by atoms with van der Waals surface area (Å²) in [6.45, 7) is 3.49. The van der Waals surface area contributed by atoms with E-state index in [0.29, 0.717) is 23.1 Å². The molecular weight excluding hydrogens is 326 g/mol. The van der Waals surface area contributed by atoms with Gasteiger partial charge in [-0.05, 0) is 57.7 Å². The summed E-state index contributed by atoms with van der Waals surface area (Å²) in [4.78, 5) is 22.4. The maximum Gasteiger partial charge on any atom is 0.270 e. The van der Waals surface area contributed by atoms with Crippen LogP contribution in [0.2, 0.25) is 5.02 Å². The molecule has 2 rings (SSSR count). The molecule has 0 saturated heterocycles. The van der Waals surface area contributed by atoms with Gasteiger partial charge in [-0.15, -0.1) is 0 Å². The summed E-state index contributed by atoms with van der Waals surface area (Å²) < 4.78 is 0. The van der Waals surface area contributed by atoms with E-state index in [2.05, 4.69) is 25.5 Å². The maximum absolute atomic E-state index is 12.1. The SMILES string of the molecule is Cc1cc(Cl)ccc1Nc1cc(C(=O)NCCCN(C)C)ncn1. The number of halogens is 1. The van der Waals surface area contributed by atoms with Crippen molar-refractivity contribution < 1.29 is 4.79 Å². The zero-order chi connectivity index (χ0) is 17.5. The number of benzene rings is 1. The highest BCUT2D eigenvalue weighted by Gasteiger charge is 2.09. The molecular formula is C17H22ClN5O. The third-order valence-electron chi connectivity index (χ3n) is 3.42. The van der Waals surface area contributed by atoms with Gasteiger partial charge in [0.05, 0.1) is 0 Å². The molecule has 2 aromatic rings. The summed E-state index contributed by atoms with van der Waals surface area (Å²) >= 11 is 5.96. The van der Waals surface area contributed by atoms with Crippen molar-refractivity contribution in [2.75, 3.05) is 32.5 Å². The smallest absolute Gasteiger partial charge is 0.270 e. The predicted octanol–water partition coefficient (Wildman–Crippen LogP) is 2.86. The van der Waals surface area contributed by atoms with Crippen LogP contribution < -0.4 is 10.6 Å². The molecule has 0 bridgehead atoms. The van der Waals surface area contributed by atoms with Gasteiger partial charge in [0.1, 0.15) is 17.8 Å². The molecule has 6 nitrogen and oxygen atoms in total. The molecule has 0 aliphatic heterocycles. The van der Waals surface area contributed by atoms with Gasteiger partial charge < -0.3 is 15.5 Å². The van der Waals surface area contributed by atoms with Crippen molar-refractivity contribution in [1.29, 1.82) is 0 Å².